The summed E-state index contributed by atoms with van der Waals surface area (Å²) in [7, 11) is 0. The van der Waals surface area contributed by atoms with Crippen molar-refractivity contribution in [3.05, 3.63) is 17.7 Å². The standard InChI is InChI=1S/C17H27N3/c1-11-12(2)20(10-19-11)16(9-18)17-6-13-3-14(7-17)5-15(4-13)8-17/h10,13-16H,3-9,18H2,1-2H3. The zero-order valence-electron chi connectivity index (χ0n) is 12.8. The van der Waals surface area contributed by atoms with Gasteiger partial charge in [0.2, 0.25) is 0 Å². The van der Waals surface area contributed by atoms with Crippen LogP contribution in [0.4, 0.5) is 0 Å². The van der Waals surface area contributed by atoms with Crippen LogP contribution in [0, 0.1) is 37.0 Å². The third kappa shape index (κ3) is 1.71. The van der Waals surface area contributed by atoms with Gasteiger partial charge < -0.3 is 10.3 Å². The summed E-state index contributed by atoms with van der Waals surface area (Å²) < 4.78 is 2.41. The Bertz CT molecular complexity index is 481. The van der Waals surface area contributed by atoms with Crippen LogP contribution in [-0.2, 0) is 0 Å². The Labute approximate surface area is 122 Å². The van der Waals surface area contributed by atoms with Gasteiger partial charge in [-0.25, -0.2) is 4.98 Å². The highest BCUT2D eigenvalue weighted by molar-refractivity contribution is 5.14. The van der Waals surface area contributed by atoms with E-state index in [1.165, 1.54) is 44.2 Å². The quantitative estimate of drug-likeness (QED) is 0.919. The Morgan fingerprint density at radius 3 is 2.15 bits per heavy atom. The van der Waals surface area contributed by atoms with Crippen LogP contribution >= 0.6 is 0 Å². The summed E-state index contributed by atoms with van der Waals surface area (Å²) in [4.78, 5) is 4.52. The predicted octanol–water partition coefficient (Wildman–Crippen LogP) is 3.22. The van der Waals surface area contributed by atoms with Crippen LogP contribution in [0.5, 0.6) is 0 Å². The van der Waals surface area contributed by atoms with Crippen LogP contribution in [-0.4, -0.2) is 16.1 Å². The molecule has 3 heteroatoms. The van der Waals surface area contributed by atoms with E-state index in [0.717, 1.165) is 30.0 Å². The van der Waals surface area contributed by atoms with Crippen LogP contribution in [0.3, 0.4) is 0 Å². The van der Waals surface area contributed by atoms with Crippen molar-refractivity contribution >= 4 is 0 Å². The second-order valence-electron chi connectivity index (χ2n) is 7.85. The maximum Gasteiger partial charge on any atom is 0.0954 e. The maximum atomic E-state index is 6.26. The zero-order chi connectivity index (χ0) is 13.9. The summed E-state index contributed by atoms with van der Waals surface area (Å²) in [5.41, 5.74) is 9.21. The van der Waals surface area contributed by atoms with Gasteiger partial charge in [-0.3, -0.25) is 0 Å². The molecule has 0 aliphatic heterocycles. The van der Waals surface area contributed by atoms with E-state index in [2.05, 4.69) is 23.4 Å². The van der Waals surface area contributed by atoms with Gasteiger partial charge in [-0.05, 0) is 75.5 Å². The zero-order valence-corrected chi connectivity index (χ0v) is 12.8. The van der Waals surface area contributed by atoms with Crippen molar-refractivity contribution in [3.63, 3.8) is 0 Å². The van der Waals surface area contributed by atoms with E-state index in [0.29, 0.717) is 11.5 Å². The molecule has 20 heavy (non-hydrogen) atoms. The molecule has 1 aromatic rings. The molecule has 1 unspecified atom stereocenters. The molecular formula is C17H27N3. The van der Waals surface area contributed by atoms with Crippen LogP contribution in [0.2, 0.25) is 0 Å². The van der Waals surface area contributed by atoms with Gasteiger partial charge >= 0.3 is 0 Å². The molecule has 0 aromatic carbocycles. The third-order valence-corrected chi connectivity index (χ3v) is 6.64. The molecule has 1 heterocycles. The molecular weight excluding hydrogens is 246 g/mol. The Balaban J connectivity index is 1.72. The van der Waals surface area contributed by atoms with Crippen molar-refractivity contribution in [3.8, 4) is 0 Å². The number of imidazole rings is 1. The van der Waals surface area contributed by atoms with Crippen LogP contribution in [0.15, 0.2) is 6.33 Å². The van der Waals surface area contributed by atoms with Gasteiger partial charge in [0, 0.05) is 12.2 Å². The van der Waals surface area contributed by atoms with Crippen molar-refractivity contribution in [1.82, 2.24) is 9.55 Å². The van der Waals surface area contributed by atoms with E-state index < -0.39 is 0 Å². The number of hydrogen-bond acceptors (Lipinski definition) is 2. The first-order valence-electron chi connectivity index (χ1n) is 8.31. The first kappa shape index (κ1) is 12.9. The van der Waals surface area contributed by atoms with Crippen LogP contribution in [0.25, 0.3) is 0 Å². The summed E-state index contributed by atoms with van der Waals surface area (Å²) in [5.74, 6) is 2.96. The lowest BCUT2D eigenvalue weighted by atomic mass is 9.47. The molecule has 0 spiro atoms. The van der Waals surface area contributed by atoms with Crippen molar-refractivity contribution in [2.75, 3.05) is 6.54 Å². The van der Waals surface area contributed by atoms with Crippen LogP contribution < -0.4 is 5.73 Å². The van der Waals surface area contributed by atoms with E-state index in [-0.39, 0.29) is 0 Å². The lowest BCUT2D eigenvalue weighted by Crippen LogP contribution is -2.51. The Kier molecular flexibility index (Phi) is 2.79. The van der Waals surface area contributed by atoms with Gasteiger partial charge in [-0.2, -0.15) is 0 Å². The molecule has 110 valence electrons. The van der Waals surface area contributed by atoms with Gasteiger partial charge in [-0.15, -0.1) is 0 Å². The molecule has 0 amide bonds. The van der Waals surface area contributed by atoms with E-state index in [1.54, 1.807) is 0 Å². The second-order valence-corrected chi connectivity index (χ2v) is 7.85. The predicted molar refractivity (Wildman–Crippen MR) is 80.4 cm³/mol. The van der Waals surface area contributed by atoms with Gasteiger partial charge in [-0.1, -0.05) is 0 Å². The molecule has 5 rings (SSSR count). The third-order valence-electron chi connectivity index (χ3n) is 6.64. The van der Waals surface area contributed by atoms with Crippen molar-refractivity contribution in [2.24, 2.45) is 28.9 Å². The van der Waals surface area contributed by atoms with E-state index >= 15 is 0 Å². The van der Waals surface area contributed by atoms with Gasteiger partial charge in [0.05, 0.1) is 18.1 Å². The van der Waals surface area contributed by atoms with Crippen molar-refractivity contribution in [2.45, 2.75) is 58.4 Å². The van der Waals surface area contributed by atoms with E-state index in [1.807, 2.05) is 6.33 Å². The molecule has 4 aliphatic carbocycles. The summed E-state index contributed by atoms with van der Waals surface area (Å²) in [5, 5.41) is 0. The molecule has 4 fully saturated rings. The lowest BCUT2D eigenvalue weighted by molar-refractivity contribution is -0.0810. The SMILES string of the molecule is Cc1ncn(C(CN)C23CC4CC(CC(C4)C2)C3)c1C. The minimum Gasteiger partial charge on any atom is -0.330 e. The minimum atomic E-state index is 0.470. The maximum absolute atomic E-state index is 6.26. The molecule has 4 aliphatic rings. The van der Waals surface area contributed by atoms with E-state index in [4.69, 9.17) is 5.73 Å². The highest BCUT2D eigenvalue weighted by Gasteiger charge is 2.54. The molecule has 4 saturated carbocycles. The van der Waals surface area contributed by atoms with Gasteiger partial charge in [0.15, 0.2) is 0 Å². The molecule has 1 aromatic heterocycles. The highest BCUT2D eigenvalue weighted by Crippen LogP contribution is 2.63. The number of nitrogens with zero attached hydrogens (tertiary/aromatic N) is 2. The van der Waals surface area contributed by atoms with Crippen molar-refractivity contribution < 1.29 is 0 Å². The normalized spacial score (nSPS) is 40.2. The number of hydrogen-bond donors (Lipinski definition) is 1. The van der Waals surface area contributed by atoms with Gasteiger partial charge in [0.1, 0.15) is 0 Å². The fourth-order valence-electron chi connectivity index (χ4n) is 6.07. The summed E-state index contributed by atoms with van der Waals surface area (Å²) in [6.45, 7) is 5.08. The highest BCUT2D eigenvalue weighted by atomic mass is 15.1. The first-order chi connectivity index (χ1) is 9.61. The fraction of sp³-hybridized carbons (Fsp3) is 0.824. The monoisotopic (exact) mass is 273 g/mol. The fourth-order valence-corrected chi connectivity index (χ4v) is 6.07. The molecule has 0 saturated heterocycles. The molecule has 0 radical (unpaired) electrons. The number of rotatable bonds is 3. The molecule has 2 N–H and O–H groups in total. The average molecular weight is 273 g/mol. The number of aryl methyl sites for hydroxylation is 1. The first-order valence-corrected chi connectivity index (χ1v) is 8.31. The Morgan fingerprint density at radius 1 is 1.20 bits per heavy atom. The van der Waals surface area contributed by atoms with Crippen molar-refractivity contribution in [1.29, 1.82) is 0 Å². The topological polar surface area (TPSA) is 43.8 Å². The molecule has 3 nitrogen and oxygen atoms in total. The average Bonchev–Trinajstić information content (AvgIpc) is 2.70. The Hall–Kier alpha value is -0.830. The second kappa shape index (κ2) is 4.33. The lowest BCUT2D eigenvalue weighted by Gasteiger charge is -2.59. The van der Waals surface area contributed by atoms with E-state index in [9.17, 15) is 0 Å². The van der Waals surface area contributed by atoms with Crippen LogP contribution in [0.1, 0.15) is 56.0 Å². The Morgan fingerprint density at radius 2 is 1.75 bits per heavy atom. The largest absolute Gasteiger partial charge is 0.330 e. The molecule has 4 bridgehead atoms. The summed E-state index contributed by atoms with van der Waals surface area (Å²) in [6, 6.07) is 0.470. The number of nitrogens with two attached hydrogens (primary N) is 1. The summed E-state index contributed by atoms with van der Waals surface area (Å²) in [6.07, 6.45) is 10.8. The summed E-state index contributed by atoms with van der Waals surface area (Å²) >= 11 is 0. The number of aromatic nitrogens is 2. The minimum absolute atomic E-state index is 0.470. The van der Waals surface area contributed by atoms with Gasteiger partial charge in [0.25, 0.3) is 0 Å². The smallest absolute Gasteiger partial charge is 0.0954 e. The molecule has 1 atom stereocenters.